The molecular formula is C14H18N2O4. The summed E-state index contributed by atoms with van der Waals surface area (Å²) in [5.41, 5.74) is 0.697. The SMILES string of the molecule is CC(C)C(CO)NC(=O)C=Cc1ccc([N+](=O)[O-])cc1. The number of nitrogens with one attached hydrogen (secondary N) is 1. The molecule has 6 nitrogen and oxygen atoms in total. The molecule has 0 aromatic heterocycles. The number of carbonyl (C=O) groups is 1. The van der Waals surface area contributed by atoms with Crippen LogP contribution in [-0.4, -0.2) is 28.6 Å². The Kier molecular flexibility index (Phi) is 5.86. The molecule has 0 radical (unpaired) electrons. The first-order valence-electron chi connectivity index (χ1n) is 6.28. The Balaban J connectivity index is 2.63. The van der Waals surface area contributed by atoms with Crippen molar-refractivity contribution in [3.05, 3.63) is 46.0 Å². The van der Waals surface area contributed by atoms with Gasteiger partial charge in [-0.3, -0.25) is 14.9 Å². The summed E-state index contributed by atoms with van der Waals surface area (Å²) in [6, 6.07) is 5.59. The number of rotatable bonds is 6. The van der Waals surface area contributed by atoms with Gasteiger partial charge in [0, 0.05) is 18.2 Å². The molecule has 1 aromatic rings. The number of nitrogens with zero attached hydrogens (tertiary/aromatic N) is 1. The van der Waals surface area contributed by atoms with Crippen molar-refractivity contribution in [2.24, 2.45) is 5.92 Å². The molecule has 0 bridgehead atoms. The Morgan fingerprint density at radius 3 is 2.45 bits per heavy atom. The Morgan fingerprint density at radius 1 is 1.40 bits per heavy atom. The van der Waals surface area contributed by atoms with Crippen molar-refractivity contribution in [2.45, 2.75) is 19.9 Å². The van der Waals surface area contributed by atoms with E-state index >= 15 is 0 Å². The van der Waals surface area contributed by atoms with Crippen LogP contribution in [0, 0.1) is 16.0 Å². The van der Waals surface area contributed by atoms with E-state index in [0.717, 1.165) is 0 Å². The van der Waals surface area contributed by atoms with Crippen molar-refractivity contribution in [1.82, 2.24) is 5.32 Å². The van der Waals surface area contributed by atoms with E-state index in [4.69, 9.17) is 5.11 Å². The van der Waals surface area contributed by atoms with E-state index in [9.17, 15) is 14.9 Å². The van der Waals surface area contributed by atoms with Gasteiger partial charge in [-0.05, 0) is 29.7 Å². The number of hydrogen-bond donors (Lipinski definition) is 2. The van der Waals surface area contributed by atoms with Crippen LogP contribution in [0.15, 0.2) is 30.3 Å². The van der Waals surface area contributed by atoms with Crippen molar-refractivity contribution < 1.29 is 14.8 Å². The van der Waals surface area contributed by atoms with E-state index < -0.39 is 4.92 Å². The quantitative estimate of drug-likeness (QED) is 0.471. The highest BCUT2D eigenvalue weighted by Crippen LogP contribution is 2.12. The van der Waals surface area contributed by atoms with E-state index in [1.165, 1.54) is 18.2 Å². The Labute approximate surface area is 117 Å². The maximum absolute atomic E-state index is 11.6. The minimum absolute atomic E-state index is 0.00625. The van der Waals surface area contributed by atoms with Gasteiger partial charge < -0.3 is 10.4 Å². The van der Waals surface area contributed by atoms with Crippen molar-refractivity contribution in [1.29, 1.82) is 0 Å². The fourth-order valence-corrected chi connectivity index (χ4v) is 1.53. The maximum Gasteiger partial charge on any atom is 0.269 e. The second-order valence-corrected chi connectivity index (χ2v) is 4.72. The van der Waals surface area contributed by atoms with Crippen LogP contribution in [0.25, 0.3) is 6.08 Å². The summed E-state index contributed by atoms with van der Waals surface area (Å²) < 4.78 is 0. The van der Waals surface area contributed by atoms with Gasteiger partial charge in [0.2, 0.25) is 5.91 Å². The molecule has 0 aliphatic rings. The molecule has 0 saturated carbocycles. The molecule has 0 spiro atoms. The highest BCUT2D eigenvalue weighted by atomic mass is 16.6. The van der Waals surface area contributed by atoms with Crippen LogP contribution in [0.2, 0.25) is 0 Å². The van der Waals surface area contributed by atoms with Gasteiger partial charge in [0.15, 0.2) is 0 Å². The molecule has 1 atom stereocenters. The van der Waals surface area contributed by atoms with Crippen LogP contribution in [0.4, 0.5) is 5.69 Å². The summed E-state index contributed by atoms with van der Waals surface area (Å²) in [5, 5.41) is 22.3. The number of carbonyl (C=O) groups excluding carboxylic acids is 1. The summed E-state index contributed by atoms with van der Waals surface area (Å²) >= 11 is 0. The third-order valence-electron chi connectivity index (χ3n) is 2.86. The fraction of sp³-hybridized carbons (Fsp3) is 0.357. The predicted molar refractivity (Wildman–Crippen MR) is 76.0 cm³/mol. The van der Waals surface area contributed by atoms with Crippen molar-refractivity contribution in [3.63, 3.8) is 0 Å². The normalized spacial score (nSPS) is 12.6. The van der Waals surface area contributed by atoms with Gasteiger partial charge in [-0.25, -0.2) is 0 Å². The zero-order valence-corrected chi connectivity index (χ0v) is 11.4. The van der Waals surface area contributed by atoms with Crippen LogP contribution in [0.3, 0.4) is 0 Å². The first-order valence-corrected chi connectivity index (χ1v) is 6.28. The molecular weight excluding hydrogens is 260 g/mol. The average Bonchev–Trinajstić information content (AvgIpc) is 2.42. The van der Waals surface area contributed by atoms with Gasteiger partial charge in [-0.1, -0.05) is 13.8 Å². The standard InChI is InChI=1S/C14H18N2O4/c1-10(2)13(9-17)15-14(18)8-5-11-3-6-12(7-4-11)16(19)20/h3-8,10,13,17H,9H2,1-2H3,(H,15,18). The van der Waals surface area contributed by atoms with Crippen LogP contribution in [-0.2, 0) is 4.79 Å². The highest BCUT2D eigenvalue weighted by Gasteiger charge is 2.13. The first kappa shape index (κ1) is 15.8. The van der Waals surface area contributed by atoms with Gasteiger partial charge in [0.05, 0.1) is 17.6 Å². The van der Waals surface area contributed by atoms with Gasteiger partial charge >= 0.3 is 0 Å². The predicted octanol–water partition coefficient (Wildman–Crippen LogP) is 1.74. The second kappa shape index (κ2) is 7.40. The molecule has 0 fully saturated rings. The third-order valence-corrected chi connectivity index (χ3v) is 2.86. The summed E-state index contributed by atoms with van der Waals surface area (Å²) in [5.74, 6) is -0.173. The smallest absolute Gasteiger partial charge is 0.269 e. The van der Waals surface area contributed by atoms with E-state index in [1.54, 1.807) is 18.2 Å². The Morgan fingerprint density at radius 2 is 2.00 bits per heavy atom. The molecule has 6 heteroatoms. The molecule has 108 valence electrons. The molecule has 0 saturated heterocycles. The first-order chi connectivity index (χ1) is 9.43. The summed E-state index contributed by atoms with van der Waals surface area (Å²) in [7, 11) is 0. The largest absolute Gasteiger partial charge is 0.394 e. The van der Waals surface area contributed by atoms with Crippen LogP contribution in [0.1, 0.15) is 19.4 Å². The monoisotopic (exact) mass is 278 g/mol. The van der Waals surface area contributed by atoms with Gasteiger partial charge in [-0.2, -0.15) is 0 Å². The van der Waals surface area contributed by atoms with E-state index in [0.29, 0.717) is 5.56 Å². The number of non-ortho nitro benzene ring substituents is 1. The lowest BCUT2D eigenvalue weighted by Crippen LogP contribution is -2.40. The fourth-order valence-electron chi connectivity index (χ4n) is 1.53. The van der Waals surface area contributed by atoms with Crippen LogP contribution < -0.4 is 5.32 Å². The van der Waals surface area contributed by atoms with Crippen LogP contribution in [0.5, 0.6) is 0 Å². The van der Waals surface area contributed by atoms with Crippen molar-refractivity contribution >= 4 is 17.7 Å². The average molecular weight is 278 g/mol. The lowest BCUT2D eigenvalue weighted by atomic mass is 10.1. The minimum atomic E-state index is -0.477. The topological polar surface area (TPSA) is 92.5 Å². The molecule has 2 N–H and O–H groups in total. The molecule has 0 aliphatic heterocycles. The molecule has 1 unspecified atom stereocenters. The van der Waals surface area contributed by atoms with Crippen LogP contribution >= 0.6 is 0 Å². The van der Waals surface area contributed by atoms with Gasteiger partial charge in [0.1, 0.15) is 0 Å². The Hall–Kier alpha value is -2.21. The summed E-state index contributed by atoms with van der Waals surface area (Å²) in [6.07, 6.45) is 2.90. The van der Waals surface area contributed by atoms with Crippen molar-refractivity contribution in [2.75, 3.05) is 6.61 Å². The maximum atomic E-state index is 11.6. The van der Waals surface area contributed by atoms with E-state index in [2.05, 4.69) is 5.32 Å². The molecule has 0 aliphatic carbocycles. The molecule has 1 amide bonds. The molecule has 1 aromatic carbocycles. The zero-order valence-electron chi connectivity index (χ0n) is 11.4. The Bertz CT molecular complexity index is 494. The van der Waals surface area contributed by atoms with Gasteiger partial charge in [0.25, 0.3) is 5.69 Å². The lowest BCUT2D eigenvalue weighted by Gasteiger charge is -2.18. The third kappa shape index (κ3) is 4.81. The molecule has 20 heavy (non-hydrogen) atoms. The number of amides is 1. The highest BCUT2D eigenvalue weighted by molar-refractivity contribution is 5.91. The number of aliphatic hydroxyl groups excluding tert-OH is 1. The number of aliphatic hydroxyl groups is 1. The molecule has 0 heterocycles. The lowest BCUT2D eigenvalue weighted by molar-refractivity contribution is -0.384. The van der Waals surface area contributed by atoms with E-state index in [-0.39, 0.29) is 30.2 Å². The number of nitro benzene ring substituents is 1. The minimum Gasteiger partial charge on any atom is -0.394 e. The number of nitro groups is 1. The van der Waals surface area contributed by atoms with Crippen molar-refractivity contribution in [3.8, 4) is 0 Å². The molecule has 1 rings (SSSR count). The summed E-state index contributed by atoms with van der Waals surface area (Å²) in [6.45, 7) is 3.69. The summed E-state index contributed by atoms with van der Waals surface area (Å²) in [4.78, 5) is 21.7. The number of hydrogen-bond acceptors (Lipinski definition) is 4. The van der Waals surface area contributed by atoms with Gasteiger partial charge in [-0.15, -0.1) is 0 Å². The zero-order chi connectivity index (χ0) is 15.1. The second-order valence-electron chi connectivity index (χ2n) is 4.72. The van der Waals surface area contributed by atoms with E-state index in [1.807, 2.05) is 13.8 Å². The number of benzene rings is 1.